The maximum absolute atomic E-state index is 6.12. The van der Waals surface area contributed by atoms with Gasteiger partial charge in [0.05, 0.1) is 0 Å². The van der Waals surface area contributed by atoms with Crippen LogP contribution in [0, 0.1) is 5.92 Å². The van der Waals surface area contributed by atoms with E-state index in [2.05, 4.69) is 67.9 Å². The zero-order valence-electron chi connectivity index (χ0n) is 13.1. The predicted octanol–water partition coefficient (Wildman–Crippen LogP) is 2.98. The Morgan fingerprint density at radius 2 is 1.95 bits per heavy atom. The molecule has 0 aliphatic rings. The van der Waals surface area contributed by atoms with Crippen molar-refractivity contribution in [1.82, 2.24) is 9.47 Å². The molecular weight excluding hydrogens is 246 g/mol. The van der Waals surface area contributed by atoms with Gasteiger partial charge in [0, 0.05) is 36.7 Å². The van der Waals surface area contributed by atoms with Crippen molar-refractivity contribution in [3.63, 3.8) is 0 Å². The second-order valence-electron chi connectivity index (χ2n) is 6.22. The van der Waals surface area contributed by atoms with E-state index < -0.39 is 0 Å². The summed E-state index contributed by atoms with van der Waals surface area (Å²) in [5.74, 6) is 0.556. The van der Waals surface area contributed by atoms with Gasteiger partial charge in [-0.25, -0.2) is 0 Å². The van der Waals surface area contributed by atoms with Crippen LogP contribution in [0.2, 0.25) is 0 Å². The van der Waals surface area contributed by atoms with E-state index in [9.17, 15) is 0 Å². The molecule has 20 heavy (non-hydrogen) atoms. The highest BCUT2D eigenvalue weighted by molar-refractivity contribution is 5.83. The van der Waals surface area contributed by atoms with E-state index in [0.717, 1.165) is 19.5 Å². The highest BCUT2D eigenvalue weighted by Gasteiger charge is 2.11. The summed E-state index contributed by atoms with van der Waals surface area (Å²) >= 11 is 0. The summed E-state index contributed by atoms with van der Waals surface area (Å²) in [7, 11) is 4.29. The molecule has 0 saturated heterocycles. The van der Waals surface area contributed by atoms with Gasteiger partial charge in [0.15, 0.2) is 0 Å². The van der Waals surface area contributed by atoms with Crippen molar-refractivity contribution in [3.8, 4) is 0 Å². The van der Waals surface area contributed by atoms with E-state index in [4.69, 9.17) is 5.73 Å². The summed E-state index contributed by atoms with van der Waals surface area (Å²) < 4.78 is 2.21. The topological polar surface area (TPSA) is 34.2 Å². The van der Waals surface area contributed by atoms with Crippen LogP contribution in [0.15, 0.2) is 30.5 Å². The molecule has 0 fully saturated rings. The molecule has 1 heterocycles. The number of aromatic nitrogens is 1. The lowest BCUT2D eigenvalue weighted by molar-refractivity contribution is 0.297. The summed E-state index contributed by atoms with van der Waals surface area (Å²) in [4.78, 5) is 2.37. The molecule has 0 saturated carbocycles. The number of nitrogens with two attached hydrogens (primary N) is 1. The zero-order chi connectivity index (χ0) is 14.7. The van der Waals surface area contributed by atoms with E-state index in [1.165, 1.54) is 16.5 Å². The average Bonchev–Trinajstić information content (AvgIpc) is 2.73. The van der Waals surface area contributed by atoms with Crippen molar-refractivity contribution in [2.75, 3.05) is 13.6 Å². The first-order valence-electron chi connectivity index (χ1n) is 7.46. The Morgan fingerprint density at radius 3 is 2.65 bits per heavy atom. The minimum atomic E-state index is 0.296. The Morgan fingerprint density at radius 1 is 1.25 bits per heavy atom. The molecule has 1 atom stereocenters. The number of hydrogen-bond acceptors (Lipinski definition) is 2. The van der Waals surface area contributed by atoms with E-state index in [1.807, 2.05) is 0 Å². The number of hydrogen-bond donors (Lipinski definition) is 1. The van der Waals surface area contributed by atoms with Gasteiger partial charge in [-0.1, -0.05) is 32.0 Å². The largest absolute Gasteiger partial charge is 0.350 e. The first-order chi connectivity index (χ1) is 9.49. The summed E-state index contributed by atoms with van der Waals surface area (Å²) in [5, 5.41) is 1.36. The molecule has 0 aliphatic carbocycles. The summed E-state index contributed by atoms with van der Waals surface area (Å²) in [6, 6.07) is 8.88. The fourth-order valence-corrected chi connectivity index (χ4v) is 2.62. The summed E-state index contributed by atoms with van der Waals surface area (Å²) in [5.41, 5.74) is 8.82. The molecular formula is C17H27N3. The van der Waals surface area contributed by atoms with E-state index in [-0.39, 0.29) is 0 Å². The number of para-hydroxylation sites is 1. The zero-order valence-corrected chi connectivity index (χ0v) is 13.1. The third-order valence-electron chi connectivity index (χ3n) is 4.12. The minimum Gasteiger partial charge on any atom is -0.350 e. The van der Waals surface area contributed by atoms with Crippen LogP contribution in [0.1, 0.15) is 25.8 Å². The third kappa shape index (κ3) is 3.41. The van der Waals surface area contributed by atoms with Crippen molar-refractivity contribution in [1.29, 1.82) is 0 Å². The van der Waals surface area contributed by atoms with Gasteiger partial charge >= 0.3 is 0 Å². The van der Waals surface area contributed by atoms with E-state index in [1.54, 1.807) is 0 Å². The highest BCUT2D eigenvalue weighted by Crippen LogP contribution is 2.21. The van der Waals surface area contributed by atoms with Crippen LogP contribution < -0.4 is 5.73 Å². The van der Waals surface area contributed by atoms with Gasteiger partial charge in [-0.05, 0) is 37.6 Å². The molecule has 1 aromatic heterocycles. The fraction of sp³-hybridized carbons (Fsp3) is 0.529. The predicted molar refractivity (Wildman–Crippen MR) is 86.7 cm³/mol. The first kappa shape index (κ1) is 15.1. The average molecular weight is 273 g/mol. The molecule has 3 nitrogen and oxygen atoms in total. The monoisotopic (exact) mass is 273 g/mol. The molecule has 2 N–H and O–H groups in total. The normalized spacial score (nSPS) is 13.6. The van der Waals surface area contributed by atoms with Crippen molar-refractivity contribution in [3.05, 3.63) is 36.0 Å². The van der Waals surface area contributed by atoms with Gasteiger partial charge in [0.2, 0.25) is 0 Å². The number of benzene rings is 1. The molecule has 2 rings (SSSR count). The molecule has 0 radical (unpaired) electrons. The second-order valence-corrected chi connectivity index (χ2v) is 6.22. The van der Waals surface area contributed by atoms with Crippen LogP contribution in [0.4, 0.5) is 0 Å². The van der Waals surface area contributed by atoms with Crippen LogP contribution in [0.25, 0.3) is 10.9 Å². The van der Waals surface area contributed by atoms with Crippen molar-refractivity contribution >= 4 is 10.9 Å². The fourth-order valence-electron chi connectivity index (χ4n) is 2.62. The quantitative estimate of drug-likeness (QED) is 0.878. The molecule has 0 amide bonds. The molecule has 2 aromatic rings. The number of rotatable bonds is 6. The number of fused-ring (bicyclic) bond motifs is 1. The lowest BCUT2D eigenvalue weighted by Gasteiger charge is -2.21. The summed E-state index contributed by atoms with van der Waals surface area (Å²) in [6.07, 6.45) is 3.29. The van der Waals surface area contributed by atoms with Crippen LogP contribution in [0.3, 0.4) is 0 Å². The van der Waals surface area contributed by atoms with Crippen LogP contribution in [-0.2, 0) is 13.6 Å². The maximum atomic E-state index is 6.12. The van der Waals surface area contributed by atoms with Gasteiger partial charge in [-0.2, -0.15) is 0 Å². The molecule has 110 valence electrons. The van der Waals surface area contributed by atoms with Gasteiger partial charge in [-0.3, -0.25) is 0 Å². The Labute approximate surface area is 122 Å². The van der Waals surface area contributed by atoms with E-state index >= 15 is 0 Å². The van der Waals surface area contributed by atoms with Crippen molar-refractivity contribution in [2.45, 2.75) is 32.9 Å². The Balaban J connectivity index is 2.01. The van der Waals surface area contributed by atoms with Crippen LogP contribution >= 0.6 is 0 Å². The second kappa shape index (κ2) is 6.42. The molecule has 0 spiro atoms. The van der Waals surface area contributed by atoms with E-state index in [0.29, 0.717) is 12.0 Å². The Bertz CT molecular complexity index is 556. The third-order valence-corrected chi connectivity index (χ3v) is 4.12. The minimum absolute atomic E-state index is 0.296. The van der Waals surface area contributed by atoms with Crippen LogP contribution in [-0.4, -0.2) is 29.1 Å². The SMILES string of the molecule is CC(C)C(N)CCN(C)Cc1cn(C)c2ccccc12. The van der Waals surface area contributed by atoms with Gasteiger partial charge in [0.1, 0.15) is 0 Å². The van der Waals surface area contributed by atoms with Gasteiger partial charge in [0.25, 0.3) is 0 Å². The first-order valence-corrected chi connectivity index (χ1v) is 7.46. The highest BCUT2D eigenvalue weighted by atomic mass is 15.1. The Hall–Kier alpha value is -1.32. The Kier molecular flexibility index (Phi) is 4.84. The number of nitrogens with zero attached hydrogens (tertiary/aromatic N) is 2. The summed E-state index contributed by atoms with van der Waals surface area (Å²) in [6.45, 7) is 6.40. The van der Waals surface area contributed by atoms with Crippen molar-refractivity contribution < 1.29 is 0 Å². The van der Waals surface area contributed by atoms with Gasteiger partial charge < -0.3 is 15.2 Å². The molecule has 0 aliphatic heterocycles. The molecule has 1 aromatic carbocycles. The lowest BCUT2D eigenvalue weighted by Crippen LogP contribution is -2.31. The lowest BCUT2D eigenvalue weighted by atomic mass is 10.0. The smallest absolute Gasteiger partial charge is 0.0481 e. The van der Waals surface area contributed by atoms with Gasteiger partial charge in [-0.15, -0.1) is 0 Å². The maximum Gasteiger partial charge on any atom is 0.0481 e. The molecule has 0 bridgehead atoms. The standard InChI is InChI=1S/C17H27N3/c1-13(2)16(18)9-10-19(3)11-14-12-20(4)17-8-6-5-7-15(14)17/h5-8,12-13,16H,9-11,18H2,1-4H3. The van der Waals surface area contributed by atoms with Crippen LogP contribution in [0.5, 0.6) is 0 Å². The van der Waals surface area contributed by atoms with Crippen molar-refractivity contribution in [2.24, 2.45) is 18.7 Å². The molecule has 3 heteroatoms. The molecule has 1 unspecified atom stereocenters. The number of aryl methyl sites for hydroxylation is 1.